The number of fused-ring (bicyclic) bond motifs is 1. The van der Waals surface area contributed by atoms with E-state index in [2.05, 4.69) is 20.3 Å². The summed E-state index contributed by atoms with van der Waals surface area (Å²) in [5, 5.41) is 2.85. The predicted octanol–water partition coefficient (Wildman–Crippen LogP) is 4.55. The minimum absolute atomic E-state index is 0.231. The molecule has 0 aliphatic carbocycles. The number of benzene rings is 2. The van der Waals surface area contributed by atoms with Crippen LogP contribution < -0.4 is 14.8 Å². The lowest BCUT2D eigenvalue weighted by molar-refractivity contribution is -0.116. The van der Waals surface area contributed by atoms with Gasteiger partial charge in [0.2, 0.25) is 11.8 Å². The van der Waals surface area contributed by atoms with Gasteiger partial charge in [-0.25, -0.2) is 9.97 Å². The Morgan fingerprint density at radius 2 is 1.78 bits per heavy atom. The van der Waals surface area contributed by atoms with E-state index in [9.17, 15) is 4.79 Å². The van der Waals surface area contributed by atoms with Crippen LogP contribution in [-0.4, -0.2) is 27.5 Å². The molecule has 2 aromatic carbocycles. The van der Waals surface area contributed by atoms with E-state index in [1.54, 1.807) is 24.5 Å². The minimum atomic E-state index is -0.231. The van der Waals surface area contributed by atoms with Gasteiger partial charge < -0.3 is 14.8 Å². The van der Waals surface area contributed by atoms with Gasteiger partial charge in [-0.2, -0.15) is 0 Å². The Kier molecular flexibility index (Phi) is 6.67. The monoisotopic (exact) mass is 426 g/mol. The highest BCUT2D eigenvalue weighted by Gasteiger charge is 2.03. The van der Waals surface area contributed by atoms with E-state index in [0.29, 0.717) is 30.5 Å². The average molecular weight is 426 g/mol. The van der Waals surface area contributed by atoms with Crippen LogP contribution in [0.1, 0.15) is 18.2 Å². The van der Waals surface area contributed by atoms with Crippen LogP contribution in [0.4, 0.5) is 0 Å². The molecule has 4 aromatic rings. The fourth-order valence-corrected chi connectivity index (χ4v) is 2.97. The van der Waals surface area contributed by atoms with Crippen LogP contribution in [-0.2, 0) is 11.3 Å². The number of rotatable bonds is 8. The van der Waals surface area contributed by atoms with Crippen molar-refractivity contribution in [3.05, 3.63) is 90.4 Å². The van der Waals surface area contributed by atoms with E-state index in [-0.39, 0.29) is 5.91 Å². The first-order valence-electron chi connectivity index (χ1n) is 10.2. The van der Waals surface area contributed by atoms with Crippen LogP contribution in [0.2, 0.25) is 0 Å². The summed E-state index contributed by atoms with van der Waals surface area (Å²) in [6.07, 6.45) is 6.37. The number of nitrogens with one attached hydrogen (secondary N) is 1. The predicted molar refractivity (Wildman–Crippen MR) is 122 cm³/mol. The van der Waals surface area contributed by atoms with Gasteiger partial charge in [0.1, 0.15) is 11.5 Å². The van der Waals surface area contributed by atoms with Gasteiger partial charge in [-0.1, -0.05) is 12.1 Å². The third kappa shape index (κ3) is 5.66. The van der Waals surface area contributed by atoms with Crippen molar-refractivity contribution in [3.8, 4) is 17.4 Å². The zero-order valence-electron chi connectivity index (χ0n) is 17.6. The van der Waals surface area contributed by atoms with E-state index in [4.69, 9.17) is 9.47 Å². The third-order valence-electron chi connectivity index (χ3n) is 4.50. The molecule has 2 aromatic heterocycles. The summed E-state index contributed by atoms with van der Waals surface area (Å²) in [7, 11) is 0. The summed E-state index contributed by atoms with van der Waals surface area (Å²) in [4.78, 5) is 25.2. The number of hydrogen-bond donors (Lipinski definition) is 1. The molecular weight excluding hydrogens is 404 g/mol. The van der Waals surface area contributed by atoms with Gasteiger partial charge >= 0.3 is 0 Å². The summed E-state index contributed by atoms with van der Waals surface area (Å²) in [5.41, 5.74) is 3.09. The lowest BCUT2D eigenvalue weighted by Gasteiger charge is -2.08. The number of pyridine rings is 1. The molecule has 0 spiro atoms. The van der Waals surface area contributed by atoms with Crippen molar-refractivity contribution in [2.75, 3.05) is 6.61 Å². The van der Waals surface area contributed by atoms with Gasteiger partial charge in [-0.3, -0.25) is 9.78 Å². The maximum Gasteiger partial charge on any atom is 0.244 e. The Bertz CT molecular complexity index is 1240. The molecular formula is C25H22N4O3. The van der Waals surface area contributed by atoms with E-state index in [0.717, 1.165) is 22.3 Å². The highest BCUT2D eigenvalue weighted by molar-refractivity contribution is 5.91. The average Bonchev–Trinajstić information content (AvgIpc) is 2.83. The van der Waals surface area contributed by atoms with Gasteiger partial charge in [0.05, 0.1) is 29.5 Å². The molecule has 4 rings (SSSR count). The van der Waals surface area contributed by atoms with E-state index >= 15 is 0 Å². The first-order valence-corrected chi connectivity index (χ1v) is 10.2. The highest BCUT2D eigenvalue weighted by Crippen LogP contribution is 2.23. The molecule has 0 atom stereocenters. The summed E-state index contributed by atoms with van der Waals surface area (Å²) in [5.74, 6) is 1.65. The number of carbonyl (C=O) groups is 1. The number of nitrogens with zero attached hydrogens (tertiary/aromatic N) is 3. The van der Waals surface area contributed by atoms with Gasteiger partial charge in [0, 0.05) is 24.9 Å². The number of amides is 1. The number of para-hydroxylation sites is 2. The Balaban J connectivity index is 1.32. The SMILES string of the molecule is CCOc1ccc(Oc2cc(CNC(=O)/C=C/c3cnc4ccccc4n3)ccn2)cc1. The fraction of sp³-hybridized carbons (Fsp3) is 0.120. The zero-order valence-corrected chi connectivity index (χ0v) is 17.6. The maximum absolute atomic E-state index is 12.2. The second-order valence-corrected chi connectivity index (χ2v) is 6.84. The molecule has 0 saturated heterocycles. The fourth-order valence-electron chi connectivity index (χ4n) is 2.97. The van der Waals surface area contributed by atoms with Crippen LogP contribution >= 0.6 is 0 Å². The topological polar surface area (TPSA) is 86.2 Å². The number of carbonyl (C=O) groups excluding carboxylic acids is 1. The van der Waals surface area contributed by atoms with E-state index in [1.807, 2.05) is 61.5 Å². The lowest BCUT2D eigenvalue weighted by atomic mass is 10.2. The summed E-state index contributed by atoms with van der Waals surface area (Å²) in [6, 6.07) is 18.5. The van der Waals surface area contributed by atoms with Crippen LogP contribution in [0, 0.1) is 0 Å². The van der Waals surface area contributed by atoms with E-state index < -0.39 is 0 Å². The quantitative estimate of drug-likeness (QED) is 0.416. The van der Waals surface area contributed by atoms with Gasteiger partial charge in [0.15, 0.2) is 0 Å². The van der Waals surface area contributed by atoms with Crippen molar-refractivity contribution in [2.24, 2.45) is 0 Å². The standard InChI is InChI=1S/C25H22N4O3/c1-2-31-20-8-10-21(11-9-20)32-25-15-18(13-14-26-25)16-28-24(30)12-7-19-17-27-22-5-3-4-6-23(22)29-19/h3-15,17H,2,16H2,1H3,(H,28,30)/b12-7+. The Morgan fingerprint density at radius 1 is 1.00 bits per heavy atom. The van der Waals surface area contributed by atoms with Crippen molar-refractivity contribution >= 4 is 23.0 Å². The molecule has 32 heavy (non-hydrogen) atoms. The van der Waals surface area contributed by atoms with E-state index in [1.165, 1.54) is 6.08 Å². The summed E-state index contributed by atoms with van der Waals surface area (Å²) in [6.45, 7) is 2.89. The number of ether oxygens (including phenoxy) is 2. The molecule has 0 radical (unpaired) electrons. The minimum Gasteiger partial charge on any atom is -0.494 e. The highest BCUT2D eigenvalue weighted by atomic mass is 16.5. The van der Waals surface area contributed by atoms with Crippen LogP contribution in [0.15, 0.2) is 79.1 Å². The van der Waals surface area contributed by atoms with Crippen molar-refractivity contribution in [1.29, 1.82) is 0 Å². The van der Waals surface area contributed by atoms with Crippen molar-refractivity contribution < 1.29 is 14.3 Å². The largest absolute Gasteiger partial charge is 0.494 e. The number of aromatic nitrogens is 3. The summed E-state index contributed by atoms with van der Waals surface area (Å²) < 4.78 is 11.2. The first-order chi connectivity index (χ1) is 15.7. The van der Waals surface area contributed by atoms with Crippen molar-refractivity contribution in [3.63, 3.8) is 0 Å². The van der Waals surface area contributed by atoms with Gasteiger partial charge in [-0.05, 0) is 61.0 Å². The first kappa shape index (κ1) is 21.0. The maximum atomic E-state index is 12.2. The molecule has 0 aliphatic rings. The Labute approximate surface area is 185 Å². The summed E-state index contributed by atoms with van der Waals surface area (Å²) >= 11 is 0. The van der Waals surface area contributed by atoms with Crippen LogP contribution in [0.25, 0.3) is 17.1 Å². The van der Waals surface area contributed by atoms with Crippen LogP contribution in [0.5, 0.6) is 17.4 Å². The Hall–Kier alpha value is -4.26. The molecule has 1 amide bonds. The lowest BCUT2D eigenvalue weighted by Crippen LogP contribution is -2.20. The molecule has 0 saturated carbocycles. The molecule has 0 aliphatic heterocycles. The van der Waals surface area contributed by atoms with Crippen molar-refractivity contribution in [2.45, 2.75) is 13.5 Å². The third-order valence-corrected chi connectivity index (χ3v) is 4.50. The second kappa shape index (κ2) is 10.2. The Morgan fingerprint density at radius 3 is 2.59 bits per heavy atom. The van der Waals surface area contributed by atoms with Crippen molar-refractivity contribution in [1.82, 2.24) is 20.3 Å². The molecule has 160 valence electrons. The smallest absolute Gasteiger partial charge is 0.244 e. The number of hydrogen-bond acceptors (Lipinski definition) is 6. The molecule has 0 bridgehead atoms. The molecule has 0 unspecified atom stereocenters. The molecule has 7 nitrogen and oxygen atoms in total. The molecule has 0 fully saturated rings. The molecule has 7 heteroatoms. The molecule has 1 N–H and O–H groups in total. The normalized spacial score (nSPS) is 10.9. The van der Waals surface area contributed by atoms with Gasteiger partial charge in [-0.15, -0.1) is 0 Å². The zero-order chi connectivity index (χ0) is 22.2. The van der Waals surface area contributed by atoms with Crippen LogP contribution in [0.3, 0.4) is 0 Å². The second-order valence-electron chi connectivity index (χ2n) is 6.84. The van der Waals surface area contributed by atoms with Gasteiger partial charge in [0.25, 0.3) is 0 Å². The molecule has 2 heterocycles.